The van der Waals surface area contributed by atoms with Crippen LogP contribution in [0.3, 0.4) is 0 Å². The van der Waals surface area contributed by atoms with Gasteiger partial charge in [-0.05, 0) is 32.0 Å². The lowest BCUT2D eigenvalue weighted by Gasteiger charge is -2.14. The molecule has 0 saturated carbocycles. The van der Waals surface area contributed by atoms with Crippen molar-refractivity contribution < 1.29 is 9.47 Å². The fourth-order valence-corrected chi connectivity index (χ4v) is 1.89. The molecule has 1 aromatic heterocycles. The predicted molar refractivity (Wildman–Crippen MR) is 84.1 cm³/mol. The summed E-state index contributed by atoms with van der Waals surface area (Å²) in [5.74, 6) is 7.50. The van der Waals surface area contributed by atoms with E-state index in [1.807, 2.05) is 44.2 Å². The summed E-state index contributed by atoms with van der Waals surface area (Å²) in [6.45, 7) is 5.10. The van der Waals surface area contributed by atoms with Crippen LogP contribution in [0.4, 0.5) is 17.2 Å². The highest BCUT2D eigenvalue weighted by molar-refractivity contribution is 5.69. The quantitative estimate of drug-likeness (QED) is 0.537. The third kappa shape index (κ3) is 4.00. The largest absolute Gasteiger partial charge is 0.494 e. The maximum absolute atomic E-state index is 5.62. The van der Waals surface area contributed by atoms with Crippen LogP contribution in [-0.4, -0.2) is 18.2 Å². The number of nitrogens with zero attached hydrogens (tertiary/aromatic N) is 1. The van der Waals surface area contributed by atoms with Crippen molar-refractivity contribution in [1.82, 2.24) is 4.98 Å². The number of anilines is 3. The first-order valence-corrected chi connectivity index (χ1v) is 6.86. The van der Waals surface area contributed by atoms with Gasteiger partial charge in [0, 0.05) is 24.0 Å². The molecular formula is C15H20N4O2. The lowest BCUT2D eigenvalue weighted by atomic mass is 10.2. The molecule has 0 aliphatic heterocycles. The number of benzene rings is 1. The fraction of sp³-hybridized carbons (Fsp3) is 0.267. The van der Waals surface area contributed by atoms with E-state index in [2.05, 4.69) is 15.7 Å². The Bertz CT molecular complexity index is 590. The van der Waals surface area contributed by atoms with E-state index in [0.717, 1.165) is 22.9 Å². The summed E-state index contributed by atoms with van der Waals surface area (Å²) in [5, 5.41) is 3.29. The number of rotatable bonds is 7. The van der Waals surface area contributed by atoms with E-state index in [0.29, 0.717) is 19.0 Å². The molecule has 0 aliphatic rings. The van der Waals surface area contributed by atoms with Gasteiger partial charge in [0.05, 0.1) is 18.9 Å². The Morgan fingerprint density at radius 3 is 2.62 bits per heavy atom. The van der Waals surface area contributed by atoms with E-state index in [1.54, 1.807) is 6.20 Å². The molecule has 1 aromatic carbocycles. The van der Waals surface area contributed by atoms with Gasteiger partial charge in [-0.1, -0.05) is 0 Å². The molecule has 0 radical (unpaired) electrons. The number of nitrogens with two attached hydrogens (primary N) is 1. The van der Waals surface area contributed by atoms with Crippen LogP contribution in [0.25, 0.3) is 0 Å². The van der Waals surface area contributed by atoms with E-state index >= 15 is 0 Å². The molecule has 2 aromatic rings. The predicted octanol–water partition coefficient (Wildman–Crippen LogP) is 2.91. The lowest BCUT2D eigenvalue weighted by Crippen LogP contribution is -2.08. The molecule has 0 atom stereocenters. The van der Waals surface area contributed by atoms with E-state index in [-0.39, 0.29) is 0 Å². The molecule has 0 unspecified atom stereocenters. The first-order chi connectivity index (χ1) is 10.3. The third-order valence-electron chi connectivity index (χ3n) is 2.75. The standard InChI is InChI=1S/C15H20N4O2/c1-3-20-12-5-6-14(21-4-2)13(10-12)18-11-7-8-17-15(9-11)19-16/h5-10H,3-4,16H2,1-2H3,(H2,17,18,19). The van der Waals surface area contributed by atoms with Crippen molar-refractivity contribution in [3.63, 3.8) is 0 Å². The Kier molecular flexibility index (Phi) is 5.22. The zero-order valence-electron chi connectivity index (χ0n) is 12.2. The number of nitrogen functional groups attached to an aromatic ring is 1. The number of hydrazine groups is 1. The molecule has 0 aliphatic carbocycles. The van der Waals surface area contributed by atoms with Crippen molar-refractivity contribution in [2.75, 3.05) is 24.0 Å². The van der Waals surface area contributed by atoms with Gasteiger partial charge in [-0.25, -0.2) is 10.8 Å². The first-order valence-electron chi connectivity index (χ1n) is 6.86. The van der Waals surface area contributed by atoms with Gasteiger partial charge in [0.15, 0.2) is 0 Å². The summed E-state index contributed by atoms with van der Waals surface area (Å²) < 4.78 is 11.1. The molecule has 0 saturated heterocycles. The lowest BCUT2D eigenvalue weighted by molar-refractivity contribution is 0.332. The summed E-state index contributed by atoms with van der Waals surface area (Å²) >= 11 is 0. The average molecular weight is 288 g/mol. The minimum Gasteiger partial charge on any atom is -0.494 e. The van der Waals surface area contributed by atoms with Crippen LogP contribution in [0, 0.1) is 0 Å². The number of aromatic nitrogens is 1. The highest BCUT2D eigenvalue weighted by Crippen LogP contribution is 2.32. The number of hydrogen-bond donors (Lipinski definition) is 3. The molecule has 6 nitrogen and oxygen atoms in total. The van der Waals surface area contributed by atoms with E-state index in [9.17, 15) is 0 Å². The molecular weight excluding hydrogens is 268 g/mol. The molecule has 4 N–H and O–H groups in total. The van der Waals surface area contributed by atoms with Gasteiger partial charge < -0.3 is 20.2 Å². The molecule has 0 fully saturated rings. The average Bonchev–Trinajstić information content (AvgIpc) is 2.50. The van der Waals surface area contributed by atoms with Gasteiger partial charge in [-0.2, -0.15) is 0 Å². The Balaban J connectivity index is 2.28. The molecule has 1 heterocycles. The molecule has 6 heteroatoms. The second-order valence-corrected chi connectivity index (χ2v) is 4.22. The number of pyridine rings is 1. The molecule has 112 valence electrons. The minimum atomic E-state index is 0.582. The van der Waals surface area contributed by atoms with Crippen molar-refractivity contribution in [2.24, 2.45) is 5.84 Å². The minimum absolute atomic E-state index is 0.582. The number of ether oxygens (including phenoxy) is 2. The molecule has 0 bridgehead atoms. The second-order valence-electron chi connectivity index (χ2n) is 4.22. The Labute approximate surface area is 124 Å². The maximum Gasteiger partial charge on any atom is 0.142 e. The number of nitrogens with one attached hydrogen (secondary N) is 2. The number of hydrogen-bond acceptors (Lipinski definition) is 6. The van der Waals surface area contributed by atoms with Crippen LogP contribution in [-0.2, 0) is 0 Å². The van der Waals surface area contributed by atoms with Crippen molar-refractivity contribution >= 4 is 17.2 Å². The Morgan fingerprint density at radius 2 is 1.90 bits per heavy atom. The monoisotopic (exact) mass is 288 g/mol. The SMILES string of the molecule is CCOc1ccc(OCC)c(Nc2ccnc(NN)c2)c1. The summed E-state index contributed by atoms with van der Waals surface area (Å²) in [6.07, 6.45) is 1.67. The van der Waals surface area contributed by atoms with Crippen LogP contribution in [0.2, 0.25) is 0 Å². The van der Waals surface area contributed by atoms with Crippen LogP contribution >= 0.6 is 0 Å². The van der Waals surface area contributed by atoms with Gasteiger partial charge >= 0.3 is 0 Å². The van der Waals surface area contributed by atoms with Gasteiger partial charge in [-0.15, -0.1) is 0 Å². The van der Waals surface area contributed by atoms with Gasteiger partial charge in [0.25, 0.3) is 0 Å². The maximum atomic E-state index is 5.62. The fourth-order valence-electron chi connectivity index (χ4n) is 1.89. The Morgan fingerprint density at radius 1 is 1.10 bits per heavy atom. The van der Waals surface area contributed by atoms with Crippen LogP contribution < -0.4 is 26.1 Å². The topological polar surface area (TPSA) is 81.4 Å². The highest BCUT2D eigenvalue weighted by Gasteiger charge is 2.07. The Hall–Kier alpha value is -2.47. The van der Waals surface area contributed by atoms with Crippen molar-refractivity contribution in [1.29, 1.82) is 0 Å². The van der Waals surface area contributed by atoms with Crippen LogP contribution in [0.1, 0.15) is 13.8 Å². The van der Waals surface area contributed by atoms with E-state index < -0.39 is 0 Å². The van der Waals surface area contributed by atoms with Gasteiger partial charge in [0.1, 0.15) is 17.3 Å². The van der Waals surface area contributed by atoms with Crippen molar-refractivity contribution in [3.05, 3.63) is 36.5 Å². The normalized spacial score (nSPS) is 10.0. The molecule has 2 rings (SSSR count). The smallest absolute Gasteiger partial charge is 0.142 e. The van der Waals surface area contributed by atoms with E-state index in [1.165, 1.54) is 0 Å². The van der Waals surface area contributed by atoms with E-state index in [4.69, 9.17) is 15.3 Å². The van der Waals surface area contributed by atoms with Gasteiger partial charge in [-0.3, -0.25) is 0 Å². The second kappa shape index (κ2) is 7.35. The summed E-state index contributed by atoms with van der Waals surface area (Å²) in [7, 11) is 0. The van der Waals surface area contributed by atoms with Crippen molar-refractivity contribution in [3.8, 4) is 11.5 Å². The molecule has 0 spiro atoms. The van der Waals surface area contributed by atoms with Crippen LogP contribution in [0.15, 0.2) is 36.5 Å². The highest BCUT2D eigenvalue weighted by atomic mass is 16.5. The van der Waals surface area contributed by atoms with Crippen LogP contribution in [0.5, 0.6) is 11.5 Å². The first kappa shape index (κ1) is 14.9. The summed E-state index contributed by atoms with van der Waals surface area (Å²) in [6, 6.07) is 9.34. The van der Waals surface area contributed by atoms with Gasteiger partial charge in [0.2, 0.25) is 0 Å². The molecule has 0 amide bonds. The summed E-state index contributed by atoms with van der Waals surface area (Å²) in [4.78, 5) is 4.07. The third-order valence-corrected chi connectivity index (χ3v) is 2.75. The zero-order chi connectivity index (χ0) is 15.1. The summed E-state index contributed by atoms with van der Waals surface area (Å²) in [5.41, 5.74) is 4.20. The zero-order valence-corrected chi connectivity index (χ0v) is 12.2. The molecule has 21 heavy (non-hydrogen) atoms. The van der Waals surface area contributed by atoms with Crippen molar-refractivity contribution in [2.45, 2.75) is 13.8 Å².